The molecule has 0 aliphatic carbocycles. The van der Waals surface area contributed by atoms with Crippen LogP contribution in [-0.2, 0) is 4.74 Å². The summed E-state index contributed by atoms with van der Waals surface area (Å²) in [4.78, 5) is 34.6. The minimum atomic E-state index is -0.935. The van der Waals surface area contributed by atoms with Crippen LogP contribution in [0.3, 0.4) is 0 Å². The van der Waals surface area contributed by atoms with Crippen LogP contribution in [0.2, 0.25) is 0 Å². The second kappa shape index (κ2) is 7.69. The predicted octanol–water partition coefficient (Wildman–Crippen LogP) is 3.75. The molecule has 8 heteroatoms. The van der Waals surface area contributed by atoms with Crippen molar-refractivity contribution in [1.29, 1.82) is 0 Å². The quantitative estimate of drug-likeness (QED) is 0.332. The molecule has 0 fully saturated rings. The van der Waals surface area contributed by atoms with Gasteiger partial charge < -0.3 is 9.47 Å². The van der Waals surface area contributed by atoms with E-state index in [2.05, 4.69) is 15.9 Å². The van der Waals surface area contributed by atoms with E-state index in [-0.39, 0.29) is 29.2 Å². The van der Waals surface area contributed by atoms with Crippen LogP contribution in [0.5, 0.6) is 5.75 Å². The summed E-state index contributed by atoms with van der Waals surface area (Å²) < 4.78 is 10.7. The number of halogens is 1. The van der Waals surface area contributed by atoms with Crippen LogP contribution in [-0.4, -0.2) is 23.5 Å². The maximum Gasteiger partial charge on any atom is 0.350 e. The molecule has 24 heavy (non-hydrogen) atoms. The average Bonchev–Trinajstić information content (AvgIpc) is 2.56. The van der Waals surface area contributed by atoms with Crippen LogP contribution < -0.4 is 4.74 Å². The van der Waals surface area contributed by atoms with Gasteiger partial charge in [0.25, 0.3) is 5.69 Å². The van der Waals surface area contributed by atoms with Crippen molar-refractivity contribution in [2.75, 3.05) is 6.61 Å². The first kappa shape index (κ1) is 17.6. The van der Waals surface area contributed by atoms with Gasteiger partial charge in [0.1, 0.15) is 16.9 Å². The zero-order chi connectivity index (χ0) is 17.7. The summed E-state index contributed by atoms with van der Waals surface area (Å²) in [6, 6.07) is 9.83. The highest BCUT2D eigenvalue weighted by molar-refractivity contribution is 9.10. The maximum absolute atomic E-state index is 12.3. The number of carbonyl (C=O) groups excluding carboxylic acids is 2. The van der Waals surface area contributed by atoms with Gasteiger partial charge in [-0.15, -0.1) is 0 Å². The number of nitrogens with zero attached hydrogens (tertiary/aromatic N) is 1. The third kappa shape index (κ3) is 3.96. The first-order valence-electron chi connectivity index (χ1n) is 6.86. The number of hydrogen-bond donors (Lipinski definition) is 0. The Bertz CT molecular complexity index is 805. The van der Waals surface area contributed by atoms with Crippen molar-refractivity contribution in [3.8, 4) is 5.75 Å². The summed E-state index contributed by atoms with van der Waals surface area (Å²) in [6.45, 7) is 1.80. The number of para-hydroxylation sites is 1. The van der Waals surface area contributed by atoms with Gasteiger partial charge in [-0.3, -0.25) is 10.1 Å². The lowest BCUT2D eigenvalue weighted by atomic mass is 10.1. The van der Waals surface area contributed by atoms with E-state index < -0.39 is 16.9 Å². The third-order valence-electron chi connectivity index (χ3n) is 2.96. The fraction of sp³-hybridized carbons (Fsp3) is 0.125. The molecular weight excluding hydrogens is 382 g/mol. The Morgan fingerprint density at radius 3 is 2.50 bits per heavy atom. The number of nitro groups is 1. The second-order valence-electron chi connectivity index (χ2n) is 4.52. The first-order valence-corrected chi connectivity index (χ1v) is 7.65. The molecule has 0 aliphatic heterocycles. The van der Waals surface area contributed by atoms with Crippen molar-refractivity contribution in [3.63, 3.8) is 0 Å². The van der Waals surface area contributed by atoms with Crippen molar-refractivity contribution < 1.29 is 24.0 Å². The molecule has 0 radical (unpaired) electrons. The lowest BCUT2D eigenvalue weighted by Crippen LogP contribution is -2.14. The summed E-state index contributed by atoms with van der Waals surface area (Å²) >= 11 is 3.22. The zero-order valence-corrected chi connectivity index (χ0v) is 14.1. The summed E-state index contributed by atoms with van der Waals surface area (Å²) in [5.74, 6) is -1.64. The van der Waals surface area contributed by atoms with Gasteiger partial charge in [0.15, 0.2) is 0 Å². The van der Waals surface area contributed by atoms with Crippen LogP contribution in [0, 0.1) is 10.1 Å². The zero-order valence-electron chi connectivity index (χ0n) is 12.5. The van der Waals surface area contributed by atoms with Gasteiger partial charge >= 0.3 is 11.9 Å². The first-order chi connectivity index (χ1) is 11.4. The maximum atomic E-state index is 12.3. The van der Waals surface area contributed by atoms with Gasteiger partial charge in [-0.25, -0.2) is 9.59 Å². The molecule has 2 aromatic carbocycles. The van der Waals surface area contributed by atoms with Gasteiger partial charge in [0.05, 0.1) is 11.5 Å². The monoisotopic (exact) mass is 393 g/mol. The SMILES string of the molecule is CCOC(=O)c1cc(Br)ccc1OC(=O)c1ccccc1[N+](=O)[O-]. The smallest absolute Gasteiger partial charge is 0.350 e. The molecule has 0 aliphatic rings. The molecule has 2 rings (SSSR count). The van der Waals surface area contributed by atoms with Crippen molar-refractivity contribution in [2.24, 2.45) is 0 Å². The molecular formula is C16H12BrNO6. The largest absolute Gasteiger partial charge is 0.462 e. The summed E-state index contributed by atoms with van der Waals surface area (Å²) in [6.07, 6.45) is 0. The van der Waals surface area contributed by atoms with E-state index in [4.69, 9.17) is 9.47 Å². The van der Waals surface area contributed by atoms with E-state index in [1.54, 1.807) is 13.0 Å². The van der Waals surface area contributed by atoms with Gasteiger partial charge in [0.2, 0.25) is 0 Å². The predicted molar refractivity (Wildman–Crippen MR) is 88.2 cm³/mol. The summed E-state index contributed by atoms with van der Waals surface area (Å²) in [5, 5.41) is 11.0. The van der Waals surface area contributed by atoms with Crippen molar-refractivity contribution in [3.05, 3.63) is 68.2 Å². The second-order valence-corrected chi connectivity index (χ2v) is 5.44. The molecule has 2 aromatic rings. The van der Waals surface area contributed by atoms with E-state index in [0.717, 1.165) is 0 Å². The highest BCUT2D eigenvalue weighted by Crippen LogP contribution is 2.26. The Morgan fingerprint density at radius 1 is 1.12 bits per heavy atom. The molecule has 0 saturated heterocycles. The van der Waals surface area contributed by atoms with E-state index in [1.165, 1.54) is 36.4 Å². The standard InChI is InChI=1S/C16H12BrNO6/c1-2-23-15(19)12-9-10(17)7-8-14(12)24-16(20)11-5-3-4-6-13(11)18(21)22/h3-9H,2H2,1H3. The Morgan fingerprint density at radius 2 is 1.83 bits per heavy atom. The van der Waals surface area contributed by atoms with E-state index in [9.17, 15) is 19.7 Å². The Kier molecular flexibility index (Phi) is 5.64. The number of nitro benzene ring substituents is 1. The molecule has 0 saturated carbocycles. The normalized spacial score (nSPS) is 10.1. The molecule has 0 spiro atoms. The van der Waals surface area contributed by atoms with Crippen molar-refractivity contribution in [1.82, 2.24) is 0 Å². The van der Waals surface area contributed by atoms with Crippen LogP contribution >= 0.6 is 15.9 Å². The lowest BCUT2D eigenvalue weighted by Gasteiger charge is -2.10. The molecule has 124 valence electrons. The van der Waals surface area contributed by atoms with Crippen LogP contribution in [0.1, 0.15) is 27.6 Å². The average molecular weight is 394 g/mol. The fourth-order valence-electron chi connectivity index (χ4n) is 1.92. The Labute approximate surface area is 145 Å². The number of rotatable bonds is 5. The van der Waals surface area contributed by atoms with Crippen molar-refractivity contribution >= 4 is 33.6 Å². The van der Waals surface area contributed by atoms with Crippen molar-refractivity contribution in [2.45, 2.75) is 6.92 Å². The summed E-state index contributed by atoms with van der Waals surface area (Å²) in [7, 11) is 0. The van der Waals surface area contributed by atoms with Gasteiger partial charge in [0, 0.05) is 10.5 Å². The number of carbonyl (C=O) groups is 2. The minimum Gasteiger partial charge on any atom is -0.462 e. The van der Waals surface area contributed by atoms with Crippen LogP contribution in [0.4, 0.5) is 5.69 Å². The van der Waals surface area contributed by atoms with E-state index >= 15 is 0 Å². The van der Waals surface area contributed by atoms with E-state index in [0.29, 0.717) is 4.47 Å². The molecule has 0 bridgehead atoms. The van der Waals surface area contributed by atoms with Gasteiger partial charge in [-0.05, 0) is 31.2 Å². The van der Waals surface area contributed by atoms with E-state index in [1.807, 2.05) is 0 Å². The topological polar surface area (TPSA) is 95.7 Å². The number of hydrogen-bond acceptors (Lipinski definition) is 6. The number of benzene rings is 2. The molecule has 7 nitrogen and oxygen atoms in total. The molecule has 0 unspecified atom stereocenters. The highest BCUT2D eigenvalue weighted by atomic mass is 79.9. The minimum absolute atomic E-state index is 0.0400. The van der Waals surface area contributed by atoms with Crippen LogP contribution in [0.15, 0.2) is 46.9 Å². The number of ether oxygens (including phenoxy) is 2. The Balaban J connectivity index is 2.36. The van der Waals surface area contributed by atoms with Crippen LogP contribution in [0.25, 0.3) is 0 Å². The number of esters is 2. The lowest BCUT2D eigenvalue weighted by molar-refractivity contribution is -0.385. The Hall–Kier alpha value is -2.74. The molecule has 0 amide bonds. The third-order valence-corrected chi connectivity index (χ3v) is 3.45. The summed E-state index contributed by atoms with van der Waals surface area (Å²) in [5.41, 5.74) is -0.546. The highest BCUT2D eigenvalue weighted by Gasteiger charge is 2.23. The molecule has 0 heterocycles. The van der Waals surface area contributed by atoms with Gasteiger partial charge in [-0.2, -0.15) is 0 Å². The van der Waals surface area contributed by atoms with Gasteiger partial charge in [-0.1, -0.05) is 28.1 Å². The molecule has 0 atom stereocenters. The molecule has 0 aromatic heterocycles. The molecule has 0 N–H and O–H groups in total. The fourth-order valence-corrected chi connectivity index (χ4v) is 2.28.